The molecule has 0 spiro atoms. The summed E-state index contributed by atoms with van der Waals surface area (Å²) in [5, 5.41) is 0. The maximum Gasteiger partial charge on any atom is 0.236 e. The summed E-state index contributed by atoms with van der Waals surface area (Å²) in [4.78, 5) is 17.0. The summed E-state index contributed by atoms with van der Waals surface area (Å²) in [6.07, 6.45) is 4.92. The molecule has 2 aliphatic rings. The van der Waals surface area contributed by atoms with Crippen molar-refractivity contribution in [1.82, 2.24) is 9.80 Å². The van der Waals surface area contributed by atoms with Crippen LogP contribution in [0.4, 0.5) is 0 Å². The molecule has 3 rings (SSSR count). The Morgan fingerprint density at radius 2 is 2.00 bits per heavy atom. The van der Waals surface area contributed by atoms with E-state index in [1.807, 2.05) is 6.07 Å². The Balaban J connectivity index is 1.58. The van der Waals surface area contributed by atoms with Gasteiger partial charge in [0.05, 0.1) is 6.54 Å². The first-order chi connectivity index (χ1) is 10.2. The molecule has 1 aromatic rings. The van der Waals surface area contributed by atoms with E-state index in [1.165, 1.54) is 24.8 Å². The molecule has 0 bridgehead atoms. The zero-order valence-electron chi connectivity index (χ0n) is 13.0. The van der Waals surface area contributed by atoms with E-state index in [1.54, 1.807) is 0 Å². The molecule has 0 aromatic heterocycles. The first-order valence-electron chi connectivity index (χ1n) is 8.28. The molecule has 0 N–H and O–H groups in total. The molecule has 1 aliphatic carbocycles. The smallest absolute Gasteiger partial charge is 0.236 e. The standard InChI is InChI=1S/C18H26N2O/c1-15-6-5-11-19(12-15)18(21)14-20(17-9-10-17)13-16-7-3-2-4-8-16/h2-4,7-8,15,17H,5-6,9-14H2,1H3. The van der Waals surface area contributed by atoms with Crippen LogP contribution in [0.5, 0.6) is 0 Å². The number of carbonyl (C=O) groups excluding carboxylic acids is 1. The van der Waals surface area contributed by atoms with Gasteiger partial charge in [0.15, 0.2) is 0 Å². The zero-order chi connectivity index (χ0) is 14.7. The summed E-state index contributed by atoms with van der Waals surface area (Å²) in [7, 11) is 0. The van der Waals surface area contributed by atoms with Gasteiger partial charge in [-0.15, -0.1) is 0 Å². The highest BCUT2D eigenvalue weighted by Crippen LogP contribution is 2.28. The van der Waals surface area contributed by atoms with Crippen LogP contribution in [-0.4, -0.2) is 41.4 Å². The lowest BCUT2D eigenvalue weighted by atomic mass is 10.0. The highest BCUT2D eigenvalue weighted by molar-refractivity contribution is 5.78. The maximum atomic E-state index is 12.6. The number of likely N-dealkylation sites (tertiary alicyclic amines) is 1. The van der Waals surface area contributed by atoms with Crippen molar-refractivity contribution in [2.75, 3.05) is 19.6 Å². The van der Waals surface area contributed by atoms with Crippen molar-refractivity contribution in [2.45, 2.75) is 45.2 Å². The summed E-state index contributed by atoms with van der Waals surface area (Å²) >= 11 is 0. The van der Waals surface area contributed by atoms with Crippen LogP contribution in [-0.2, 0) is 11.3 Å². The first-order valence-corrected chi connectivity index (χ1v) is 8.28. The molecule has 1 aliphatic heterocycles. The molecule has 114 valence electrons. The number of hydrogen-bond donors (Lipinski definition) is 0. The van der Waals surface area contributed by atoms with E-state index < -0.39 is 0 Å². The van der Waals surface area contributed by atoms with Gasteiger partial charge < -0.3 is 4.90 Å². The van der Waals surface area contributed by atoms with Crippen LogP contribution in [0.3, 0.4) is 0 Å². The zero-order valence-corrected chi connectivity index (χ0v) is 13.0. The molecule has 3 heteroatoms. The number of carbonyl (C=O) groups is 1. The Kier molecular flexibility index (Phi) is 4.59. The minimum Gasteiger partial charge on any atom is -0.341 e. The molecule has 1 atom stereocenters. The first kappa shape index (κ1) is 14.6. The van der Waals surface area contributed by atoms with Crippen molar-refractivity contribution in [3.63, 3.8) is 0 Å². The number of nitrogens with zero attached hydrogens (tertiary/aromatic N) is 2. The van der Waals surface area contributed by atoms with Crippen LogP contribution in [0.15, 0.2) is 30.3 Å². The predicted octanol–water partition coefficient (Wildman–Crippen LogP) is 2.91. The van der Waals surface area contributed by atoms with Gasteiger partial charge in [-0.25, -0.2) is 0 Å². The highest BCUT2D eigenvalue weighted by Gasteiger charge is 2.32. The molecule has 1 aromatic carbocycles. The lowest BCUT2D eigenvalue weighted by Gasteiger charge is -2.33. The molecule has 21 heavy (non-hydrogen) atoms. The van der Waals surface area contributed by atoms with E-state index in [0.29, 0.717) is 24.4 Å². The molecule has 3 nitrogen and oxygen atoms in total. The fraction of sp³-hybridized carbons (Fsp3) is 0.611. The van der Waals surface area contributed by atoms with Crippen molar-refractivity contribution < 1.29 is 4.79 Å². The minimum atomic E-state index is 0.324. The Morgan fingerprint density at radius 3 is 2.67 bits per heavy atom. The van der Waals surface area contributed by atoms with Crippen molar-refractivity contribution in [3.8, 4) is 0 Å². The summed E-state index contributed by atoms with van der Waals surface area (Å²) in [6, 6.07) is 11.1. The average molecular weight is 286 g/mol. The van der Waals surface area contributed by atoms with Crippen LogP contribution in [0.2, 0.25) is 0 Å². The molecule has 0 radical (unpaired) electrons. The van der Waals surface area contributed by atoms with E-state index in [4.69, 9.17) is 0 Å². The second kappa shape index (κ2) is 6.61. The third kappa shape index (κ3) is 4.07. The Bertz CT molecular complexity index is 469. The van der Waals surface area contributed by atoms with Gasteiger partial charge in [-0.05, 0) is 37.2 Å². The third-order valence-corrected chi connectivity index (χ3v) is 4.64. The predicted molar refractivity (Wildman–Crippen MR) is 84.9 cm³/mol. The van der Waals surface area contributed by atoms with Gasteiger partial charge in [0.25, 0.3) is 0 Å². The van der Waals surface area contributed by atoms with Gasteiger partial charge in [0, 0.05) is 25.7 Å². The Morgan fingerprint density at radius 1 is 1.24 bits per heavy atom. The molecular weight excluding hydrogens is 260 g/mol. The van der Waals surface area contributed by atoms with Gasteiger partial charge in [0.1, 0.15) is 0 Å². The normalized spacial score (nSPS) is 22.6. The summed E-state index contributed by atoms with van der Waals surface area (Å²) < 4.78 is 0. The average Bonchev–Trinajstić information content (AvgIpc) is 3.32. The molecule has 1 unspecified atom stereocenters. The van der Waals surface area contributed by atoms with E-state index in [9.17, 15) is 4.79 Å². The monoisotopic (exact) mass is 286 g/mol. The fourth-order valence-corrected chi connectivity index (χ4v) is 3.26. The van der Waals surface area contributed by atoms with Crippen LogP contribution in [0.1, 0.15) is 38.2 Å². The lowest BCUT2D eigenvalue weighted by molar-refractivity contribution is -0.134. The summed E-state index contributed by atoms with van der Waals surface area (Å²) in [5.74, 6) is 0.982. The van der Waals surface area contributed by atoms with Gasteiger partial charge in [-0.2, -0.15) is 0 Å². The molecule has 1 saturated carbocycles. The van der Waals surface area contributed by atoms with Gasteiger partial charge in [-0.1, -0.05) is 37.3 Å². The van der Waals surface area contributed by atoms with E-state index in [2.05, 4.69) is 41.0 Å². The highest BCUT2D eigenvalue weighted by atomic mass is 16.2. The SMILES string of the molecule is CC1CCCN(C(=O)CN(Cc2ccccc2)C2CC2)C1. The number of rotatable bonds is 5. The van der Waals surface area contributed by atoms with Crippen molar-refractivity contribution >= 4 is 5.91 Å². The molecular formula is C18H26N2O. The Labute approximate surface area is 127 Å². The van der Waals surface area contributed by atoms with Gasteiger partial charge >= 0.3 is 0 Å². The summed E-state index contributed by atoms with van der Waals surface area (Å²) in [5.41, 5.74) is 1.31. The van der Waals surface area contributed by atoms with Crippen molar-refractivity contribution in [3.05, 3.63) is 35.9 Å². The Hall–Kier alpha value is -1.35. The molecule has 1 heterocycles. The quantitative estimate of drug-likeness (QED) is 0.831. The number of benzene rings is 1. The molecule has 1 saturated heterocycles. The minimum absolute atomic E-state index is 0.324. The van der Waals surface area contributed by atoms with E-state index in [-0.39, 0.29) is 0 Å². The maximum absolute atomic E-state index is 12.6. The fourth-order valence-electron chi connectivity index (χ4n) is 3.26. The van der Waals surface area contributed by atoms with Crippen LogP contribution < -0.4 is 0 Å². The topological polar surface area (TPSA) is 23.6 Å². The second-order valence-corrected chi connectivity index (χ2v) is 6.71. The van der Waals surface area contributed by atoms with Gasteiger partial charge in [0.2, 0.25) is 5.91 Å². The largest absolute Gasteiger partial charge is 0.341 e. The van der Waals surface area contributed by atoms with Crippen LogP contribution in [0, 0.1) is 5.92 Å². The van der Waals surface area contributed by atoms with Crippen molar-refractivity contribution in [1.29, 1.82) is 0 Å². The van der Waals surface area contributed by atoms with Crippen molar-refractivity contribution in [2.24, 2.45) is 5.92 Å². The number of hydrogen-bond acceptors (Lipinski definition) is 2. The summed E-state index contributed by atoms with van der Waals surface area (Å²) in [6.45, 7) is 5.64. The van der Waals surface area contributed by atoms with E-state index >= 15 is 0 Å². The van der Waals surface area contributed by atoms with E-state index in [0.717, 1.165) is 26.1 Å². The number of piperidine rings is 1. The third-order valence-electron chi connectivity index (χ3n) is 4.64. The van der Waals surface area contributed by atoms with Gasteiger partial charge in [-0.3, -0.25) is 9.69 Å². The lowest BCUT2D eigenvalue weighted by Crippen LogP contribution is -2.45. The molecule has 1 amide bonds. The van der Waals surface area contributed by atoms with Crippen LogP contribution in [0.25, 0.3) is 0 Å². The second-order valence-electron chi connectivity index (χ2n) is 6.71. The molecule has 2 fully saturated rings. The van der Waals surface area contributed by atoms with Crippen LogP contribution >= 0.6 is 0 Å². The number of amides is 1.